The maximum absolute atomic E-state index is 14.6. The zero-order valence-electron chi connectivity index (χ0n) is 62.6. The van der Waals surface area contributed by atoms with Crippen LogP contribution in [0.2, 0.25) is 0 Å². The van der Waals surface area contributed by atoms with Crippen LogP contribution in [0.4, 0.5) is 0 Å². The number of fused-ring (bicyclic) bond motifs is 2. The van der Waals surface area contributed by atoms with E-state index in [-0.39, 0.29) is 95.4 Å². The van der Waals surface area contributed by atoms with Crippen LogP contribution in [0.25, 0.3) is 0 Å². The van der Waals surface area contributed by atoms with Crippen LogP contribution in [-0.4, -0.2) is 249 Å². The highest BCUT2D eigenvalue weighted by atomic mass is 127. The van der Waals surface area contributed by atoms with Crippen LogP contribution < -0.4 is 29.9 Å². The number of methoxy groups -OCH3 is 3. The van der Waals surface area contributed by atoms with Gasteiger partial charge in [-0.2, -0.15) is 10.6 Å². The molecule has 8 rings (SSSR count). The van der Waals surface area contributed by atoms with Gasteiger partial charge in [0.05, 0.1) is 117 Å². The maximum Gasteiger partial charge on any atom is 0.310 e. The molecule has 0 radical (unpaired) electrons. The van der Waals surface area contributed by atoms with E-state index in [0.717, 1.165) is 24.4 Å². The Labute approximate surface area is 654 Å². The number of hydroxylamine groups is 1. The number of hydrazone groups is 1. The molecule has 4 saturated heterocycles. The lowest BCUT2D eigenvalue weighted by atomic mass is 9.72. The molecule has 594 valence electrons. The van der Waals surface area contributed by atoms with E-state index < -0.39 is 156 Å². The summed E-state index contributed by atoms with van der Waals surface area (Å²) < 4.78 is 66.9. The van der Waals surface area contributed by atoms with E-state index in [1.165, 1.54) is 61.8 Å². The third-order valence-corrected chi connectivity index (χ3v) is 25.1. The van der Waals surface area contributed by atoms with Crippen molar-refractivity contribution in [3.8, 4) is 46.7 Å². The first-order valence-corrected chi connectivity index (χ1v) is 39.7. The Morgan fingerprint density at radius 2 is 1.57 bits per heavy atom. The number of esters is 1. The third kappa shape index (κ3) is 21.9. The Kier molecular flexibility index (Phi) is 32.6. The van der Waals surface area contributed by atoms with Crippen molar-refractivity contribution in [2.75, 3.05) is 60.1 Å². The van der Waals surface area contributed by atoms with Gasteiger partial charge >= 0.3 is 5.97 Å². The molecule has 33 heteroatoms. The minimum absolute atomic E-state index is 0.00866. The summed E-state index contributed by atoms with van der Waals surface area (Å²) in [5.74, 6) is 8.79. The number of aliphatic hydroxyl groups is 7. The van der Waals surface area contributed by atoms with E-state index in [1.807, 2.05) is 48.6 Å². The second kappa shape index (κ2) is 40.1. The maximum atomic E-state index is 14.6. The first-order chi connectivity index (χ1) is 51.3. The monoisotopic (exact) mass is 1680 g/mol. The molecule has 0 aromatic heterocycles. The van der Waals surface area contributed by atoms with Gasteiger partial charge in [-0.1, -0.05) is 63.1 Å². The summed E-state index contributed by atoms with van der Waals surface area (Å²) >= 11 is 2.75. The van der Waals surface area contributed by atoms with E-state index >= 15 is 0 Å². The molecule has 29 nitrogen and oxygen atoms in total. The SMILES string of the molecule is CCN(C(C)=O)C1COC(OC2C(O[C@H]3C#C/C=C\C#C[C@]4(O)CC(=O)C(CC(=O)OC)=C3/C4=C\CSSC(C)(C)CC(=O)N/N=C(\C)c3ccc(OCCCC(C)=O)cc3)OC(C)C(NOC3CC(O)C(SC(=O)c4c(C)c(I)c(OC5OC(C)C(O)C(CO)C5O)c(OC)c4OC)C(C)O3)C2O)CC1CO. The van der Waals surface area contributed by atoms with Crippen LogP contribution in [0.1, 0.15) is 129 Å². The molecule has 0 spiro atoms. The predicted octanol–water partition coefficient (Wildman–Crippen LogP) is 5.07. The number of benzene rings is 2. The molecule has 2 aliphatic carbocycles. The highest BCUT2D eigenvalue weighted by Crippen LogP contribution is 2.50. The number of ether oxygens (including phenoxy) is 11. The fourth-order valence-electron chi connectivity index (χ4n) is 13.4. The van der Waals surface area contributed by atoms with Gasteiger partial charge in [0, 0.05) is 84.8 Å². The molecule has 2 aromatic carbocycles. The van der Waals surface area contributed by atoms with Gasteiger partial charge in [-0.15, -0.1) is 0 Å². The fourth-order valence-corrected chi connectivity index (χ4v) is 17.6. The van der Waals surface area contributed by atoms with Gasteiger partial charge in [0.1, 0.15) is 35.9 Å². The van der Waals surface area contributed by atoms with Crippen LogP contribution in [-0.2, 0) is 62.0 Å². The van der Waals surface area contributed by atoms with Crippen molar-refractivity contribution < 1.29 is 121 Å². The third-order valence-electron chi connectivity index (χ3n) is 19.2. The summed E-state index contributed by atoms with van der Waals surface area (Å²) in [6, 6.07) is 5.44. The highest BCUT2D eigenvalue weighted by molar-refractivity contribution is 14.1. The van der Waals surface area contributed by atoms with E-state index in [4.69, 9.17) is 56.9 Å². The second-order valence-electron chi connectivity index (χ2n) is 27.5. The first kappa shape index (κ1) is 87.8. The Bertz CT molecular complexity index is 3790. The van der Waals surface area contributed by atoms with Crippen LogP contribution >= 0.6 is 55.9 Å². The quantitative estimate of drug-likeness (QED) is 0.00877. The molecule has 17 unspecified atom stereocenters. The number of nitrogens with zero attached hydrogens (tertiary/aromatic N) is 2. The number of carbonyl (C=O) groups is 6. The molecular weight excluding hydrogens is 1580 g/mol. The van der Waals surface area contributed by atoms with Gasteiger partial charge in [0.25, 0.3) is 0 Å². The molecule has 0 saturated carbocycles. The van der Waals surface area contributed by atoms with Crippen molar-refractivity contribution in [2.45, 2.75) is 222 Å². The lowest BCUT2D eigenvalue weighted by Crippen LogP contribution is -2.65. The molecule has 2 bridgehead atoms. The lowest BCUT2D eigenvalue weighted by molar-refractivity contribution is -0.336. The number of likely N-dealkylation sites (N-methyl/N-ethyl adjacent to an activating group) is 1. The normalized spacial score (nSPS) is 30.7. The zero-order chi connectivity index (χ0) is 79.1. The smallest absolute Gasteiger partial charge is 0.310 e. The molecule has 9 N–H and O–H groups in total. The van der Waals surface area contributed by atoms with Gasteiger partial charge < -0.3 is 97.5 Å². The number of ketones is 2. The molecule has 108 heavy (non-hydrogen) atoms. The van der Waals surface area contributed by atoms with Crippen LogP contribution in [0.3, 0.4) is 0 Å². The molecular formula is C75H99IN4O25S3. The average molecular weight is 1680 g/mol. The largest absolute Gasteiger partial charge is 0.494 e. The number of halogens is 1. The molecule has 4 aliphatic heterocycles. The Morgan fingerprint density at radius 1 is 0.870 bits per heavy atom. The van der Waals surface area contributed by atoms with E-state index in [2.05, 4.69) is 39.7 Å². The topological polar surface area (TPSA) is 394 Å². The van der Waals surface area contributed by atoms with Crippen LogP contribution in [0.15, 0.2) is 64.3 Å². The summed E-state index contributed by atoms with van der Waals surface area (Å²) in [5, 5.41) is 82.7. The summed E-state index contributed by atoms with van der Waals surface area (Å²) in [5.41, 5.74) is 5.02. The van der Waals surface area contributed by atoms with Gasteiger partial charge in [-0.25, -0.2) is 5.43 Å². The van der Waals surface area contributed by atoms with Crippen molar-refractivity contribution in [1.82, 2.24) is 15.8 Å². The molecule has 4 heterocycles. The highest BCUT2D eigenvalue weighted by Gasteiger charge is 2.52. The fraction of sp³-hybridized carbons (Fsp3) is 0.613. The van der Waals surface area contributed by atoms with Gasteiger partial charge in [0.2, 0.25) is 29.0 Å². The van der Waals surface area contributed by atoms with Crippen molar-refractivity contribution in [1.29, 1.82) is 0 Å². The average Bonchev–Trinajstić information content (AvgIpc) is 0.755. The number of thioether (sulfide) groups is 1. The van der Waals surface area contributed by atoms with Crippen LogP contribution in [0.5, 0.6) is 23.0 Å². The molecule has 2 aromatic rings. The molecule has 19 atom stereocenters. The summed E-state index contributed by atoms with van der Waals surface area (Å²) in [7, 11) is 6.51. The van der Waals surface area contributed by atoms with Crippen LogP contribution in [0, 0.1) is 46.0 Å². The number of Topliss-reactive ketones (excluding diaryl/α,β-unsaturated/α-hetero) is 2. The molecule has 2 amide bonds. The van der Waals surface area contributed by atoms with E-state index in [1.54, 1.807) is 64.7 Å². The number of rotatable bonds is 32. The number of hydrogen-bond donors (Lipinski definition) is 9. The van der Waals surface area contributed by atoms with E-state index in [0.29, 0.717) is 46.6 Å². The minimum Gasteiger partial charge on any atom is -0.494 e. The van der Waals surface area contributed by atoms with Gasteiger partial charge in [-0.05, 0) is 139 Å². The Balaban J connectivity index is 1.02. The van der Waals surface area contributed by atoms with E-state index in [9.17, 15) is 64.5 Å². The predicted molar refractivity (Wildman–Crippen MR) is 407 cm³/mol. The number of aliphatic hydroxyl groups excluding tert-OH is 6. The van der Waals surface area contributed by atoms with Crippen molar-refractivity contribution >= 4 is 96.1 Å². The second-order valence-corrected chi connectivity index (χ2v) is 32.8. The number of hydrogen-bond acceptors (Lipinski definition) is 30. The van der Waals surface area contributed by atoms with Crippen molar-refractivity contribution in [3.05, 3.63) is 79.5 Å². The Morgan fingerprint density at radius 3 is 2.22 bits per heavy atom. The summed E-state index contributed by atoms with van der Waals surface area (Å²) in [6.45, 7) is 16.4. The van der Waals surface area contributed by atoms with Crippen molar-refractivity contribution in [2.24, 2.45) is 16.9 Å². The summed E-state index contributed by atoms with van der Waals surface area (Å²) in [4.78, 5) is 87.8. The van der Waals surface area contributed by atoms with Gasteiger partial charge in [0.15, 0.2) is 41.8 Å². The number of nitrogens with one attached hydrogen (secondary N) is 2. The molecule has 6 aliphatic rings. The Hall–Kier alpha value is -5.75. The number of allylic oxidation sites excluding steroid dienone is 2. The zero-order valence-corrected chi connectivity index (χ0v) is 67.2. The first-order valence-electron chi connectivity index (χ1n) is 35.5. The standard InChI is InChI=1S/C75H99IN4O25S3/c1-14-80(44(8)84)51-37-98-57(30-46(51)35-81)103-68-65(91)62(79-105-58-32-52(85)70(43(7)99-58)107-71(92)59-39(3)61(76)67(69(96-13)66(59)95-12)104-72-64(90)49(36-82)63(89)42(6)101-72)41(5)100-73(68)102-54-21-17-15-16-18-27-75(93)33-53(86)48(31-56(88)94-11)60(54)50(75)26-29-106-108-74(9,10)34-55(87)78-77-40(4)45-22-24-47(25-23-45)97-28-19-20-38(2)83/h15-16,22-26,41-43,46,49,51-52,54,57-58,62-65,68,70,72-73,79,81-82,85,89-91,93H,14,19-20,28-37H2,1-13H3,(H,78,87)/b16-15-,50-26+,77-40+/t41?,42?,43?,46?,49?,51?,52?,54-,57?,58?,62?,63?,64?,65?,68?,70?,72?,73?,75-/m0/s1. The molecule has 4 fully saturated rings. The summed E-state index contributed by atoms with van der Waals surface area (Å²) in [6.07, 6.45) is -12.8. The van der Waals surface area contributed by atoms with Gasteiger partial charge in [-0.3, -0.25) is 28.8 Å². The lowest BCUT2D eigenvalue weighted by Gasteiger charge is -2.47. The number of amides is 2. The van der Waals surface area contributed by atoms with Crippen molar-refractivity contribution in [3.63, 3.8) is 0 Å². The number of carbonyl (C=O) groups excluding carboxylic acids is 6. The minimum atomic E-state index is -2.20.